The van der Waals surface area contributed by atoms with E-state index in [9.17, 15) is 22.8 Å². The summed E-state index contributed by atoms with van der Waals surface area (Å²) in [7, 11) is 1.66. The molecule has 1 amide bonds. The fourth-order valence-corrected chi connectivity index (χ4v) is 2.85. The van der Waals surface area contributed by atoms with Gasteiger partial charge in [-0.1, -0.05) is 11.6 Å². The summed E-state index contributed by atoms with van der Waals surface area (Å²) < 4.78 is 39.8. The zero-order chi connectivity index (χ0) is 20.4. The molecule has 0 aliphatic carbocycles. The average Bonchev–Trinajstić information content (AvgIpc) is 2.61. The quantitative estimate of drug-likeness (QED) is 0.559. The summed E-state index contributed by atoms with van der Waals surface area (Å²) in [6.07, 6.45) is 0. The molecule has 1 aromatic heterocycles. The third kappa shape index (κ3) is 4.32. The van der Waals surface area contributed by atoms with E-state index in [0.29, 0.717) is 26.6 Å². The number of H-pyrrole nitrogens is 1. The van der Waals surface area contributed by atoms with Gasteiger partial charge in [0.15, 0.2) is 29.8 Å². The summed E-state index contributed by atoms with van der Waals surface area (Å²) in [5.41, 5.74) is -0.367. The molecule has 0 radical (unpaired) electrons. The van der Waals surface area contributed by atoms with Crippen LogP contribution in [0.2, 0.25) is 5.02 Å². The number of rotatable bonds is 5. The molecule has 146 valence electrons. The van der Waals surface area contributed by atoms with Gasteiger partial charge in [0, 0.05) is 5.02 Å². The number of amides is 1. The van der Waals surface area contributed by atoms with Crippen LogP contribution in [0, 0.1) is 17.5 Å². The Labute approximate surface area is 162 Å². The topological polar surface area (TPSA) is 79.3 Å². The van der Waals surface area contributed by atoms with Crippen LogP contribution in [0.4, 0.5) is 18.9 Å². The van der Waals surface area contributed by atoms with Crippen molar-refractivity contribution >= 4 is 34.1 Å². The van der Waals surface area contributed by atoms with Crippen LogP contribution in [0.5, 0.6) is 0 Å². The van der Waals surface area contributed by atoms with Crippen molar-refractivity contribution in [1.82, 2.24) is 9.97 Å². The minimum Gasteiger partial charge on any atom is -0.323 e. The van der Waals surface area contributed by atoms with Crippen molar-refractivity contribution in [3.63, 3.8) is 0 Å². The molecule has 28 heavy (non-hydrogen) atoms. The highest BCUT2D eigenvalue weighted by atomic mass is 35.5. The number of benzene rings is 2. The van der Waals surface area contributed by atoms with E-state index in [0.717, 1.165) is 12.1 Å². The Morgan fingerprint density at radius 2 is 1.96 bits per heavy atom. The van der Waals surface area contributed by atoms with Crippen molar-refractivity contribution in [2.45, 2.75) is 6.54 Å². The van der Waals surface area contributed by atoms with Crippen molar-refractivity contribution < 1.29 is 22.9 Å². The number of nitrogens with zero attached hydrogens (tertiary/aromatic N) is 1. The van der Waals surface area contributed by atoms with E-state index < -0.39 is 29.0 Å². The number of likely N-dealkylation sites (N-methyl/N-ethyl adjacent to an activating group) is 1. The Kier molecular flexibility index (Phi) is 5.66. The number of aromatic nitrogens is 2. The van der Waals surface area contributed by atoms with E-state index in [1.807, 2.05) is 0 Å². The van der Waals surface area contributed by atoms with Crippen molar-refractivity contribution in [2.75, 3.05) is 18.9 Å². The Balaban J connectivity index is 1.69. The lowest BCUT2D eigenvalue weighted by Gasteiger charge is -2.14. The van der Waals surface area contributed by atoms with Gasteiger partial charge in [-0.25, -0.2) is 18.2 Å². The highest BCUT2D eigenvalue weighted by Crippen LogP contribution is 2.19. The van der Waals surface area contributed by atoms with E-state index in [-0.39, 0.29) is 18.6 Å². The molecule has 3 rings (SSSR count). The van der Waals surface area contributed by atoms with Gasteiger partial charge in [0.2, 0.25) is 0 Å². The largest absolute Gasteiger partial charge is 0.323 e. The van der Waals surface area contributed by atoms with Crippen LogP contribution >= 0.6 is 11.6 Å². The fourth-order valence-electron chi connectivity index (χ4n) is 2.68. The maximum atomic E-state index is 13.6. The normalized spacial score (nSPS) is 12.2. The predicted molar refractivity (Wildman–Crippen MR) is 97.8 cm³/mol. The van der Waals surface area contributed by atoms with Crippen LogP contribution in [-0.4, -0.2) is 29.5 Å². The van der Waals surface area contributed by atoms with Crippen molar-refractivity contribution in [1.29, 1.82) is 0 Å². The fraction of sp³-hybridized carbons (Fsp3) is 0.167. The van der Waals surface area contributed by atoms with E-state index in [2.05, 4.69) is 15.3 Å². The molecule has 0 aliphatic rings. The molecular formula is C18H15ClF3N4O2+. The first-order valence-corrected chi connectivity index (χ1v) is 8.55. The van der Waals surface area contributed by atoms with E-state index in [4.69, 9.17) is 11.6 Å². The average molecular weight is 412 g/mol. The van der Waals surface area contributed by atoms with Gasteiger partial charge in [0.25, 0.3) is 11.5 Å². The highest BCUT2D eigenvalue weighted by Gasteiger charge is 2.18. The van der Waals surface area contributed by atoms with Gasteiger partial charge in [-0.2, -0.15) is 0 Å². The molecule has 3 N–H and O–H groups in total. The number of hydrogen-bond acceptors (Lipinski definition) is 3. The number of halogens is 4. The molecule has 0 fully saturated rings. The Morgan fingerprint density at radius 3 is 2.71 bits per heavy atom. The Hall–Kier alpha value is -2.91. The van der Waals surface area contributed by atoms with Gasteiger partial charge in [-0.3, -0.25) is 9.59 Å². The van der Waals surface area contributed by atoms with Crippen LogP contribution in [-0.2, 0) is 11.3 Å². The van der Waals surface area contributed by atoms with Crippen molar-refractivity contribution in [3.8, 4) is 0 Å². The first kappa shape index (κ1) is 19.8. The number of fused-ring (bicyclic) bond motifs is 1. The van der Waals surface area contributed by atoms with E-state index in [1.165, 1.54) is 0 Å². The molecule has 0 saturated carbocycles. The van der Waals surface area contributed by atoms with Gasteiger partial charge in [0.05, 0.1) is 23.6 Å². The van der Waals surface area contributed by atoms with E-state index in [1.54, 1.807) is 25.2 Å². The van der Waals surface area contributed by atoms with Crippen molar-refractivity contribution in [3.05, 3.63) is 69.0 Å². The maximum absolute atomic E-state index is 13.6. The molecule has 0 saturated heterocycles. The van der Waals surface area contributed by atoms with Crippen LogP contribution in [0.15, 0.2) is 35.1 Å². The molecule has 1 heterocycles. The second-order valence-corrected chi connectivity index (χ2v) is 6.69. The Morgan fingerprint density at radius 1 is 1.21 bits per heavy atom. The predicted octanol–water partition coefficient (Wildman–Crippen LogP) is 1.65. The number of aromatic amines is 1. The first-order valence-electron chi connectivity index (χ1n) is 8.17. The second-order valence-electron chi connectivity index (χ2n) is 6.26. The minimum atomic E-state index is -1.66. The molecule has 2 aromatic carbocycles. The number of nitrogens with one attached hydrogen (secondary N) is 3. The van der Waals surface area contributed by atoms with Gasteiger partial charge >= 0.3 is 0 Å². The lowest BCUT2D eigenvalue weighted by atomic mass is 10.2. The third-order valence-electron chi connectivity index (χ3n) is 3.96. The minimum absolute atomic E-state index is 0.129. The molecule has 1 unspecified atom stereocenters. The smallest absolute Gasteiger partial charge is 0.279 e. The van der Waals surface area contributed by atoms with Crippen LogP contribution in [0.25, 0.3) is 10.9 Å². The zero-order valence-electron chi connectivity index (χ0n) is 14.6. The SMILES string of the molecule is C[NH+](CC(=O)Nc1ccc(F)c(F)c1F)Cc1nc2cc(Cl)ccc2c(=O)[nH]1. The number of quaternary nitrogens is 1. The van der Waals surface area contributed by atoms with Gasteiger partial charge < -0.3 is 15.2 Å². The summed E-state index contributed by atoms with van der Waals surface area (Å²) >= 11 is 5.92. The molecule has 10 heteroatoms. The van der Waals surface area contributed by atoms with Crippen LogP contribution in [0.1, 0.15) is 5.82 Å². The molecule has 6 nitrogen and oxygen atoms in total. The summed E-state index contributed by atoms with van der Waals surface area (Å²) in [5.74, 6) is -4.75. The Bertz CT molecular complexity index is 1120. The summed E-state index contributed by atoms with van der Waals surface area (Å²) in [5, 5.41) is 3.01. The van der Waals surface area contributed by atoms with Gasteiger partial charge in [0.1, 0.15) is 6.54 Å². The van der Waals surface area contributed by atoms with Crippen LogP contribution in [0.3, 0.4) is 0 Å². The number of carbonyl (C=O) groups excluding carboxylic acids is 1. The molecular weight excluding hydrogens is 397 g/mol. The summed E-state index contributed by atoms with van der Waals surface area (Å²) in [6, 6.07) is 6.36. The summed E-state index contributed by atoms with van der Waals surface area (Å²) in [6.45, 7) is 0.0567. The van der Waals surface area contributed by atoms with E-state index >= 15 is 0 Å². The van der Waals surface area contributed by atoms with Crippen molar-refractivity contribution in [2.24, 2.45) is 0 Å². The lowest BCUT2D eigenvalue weighted by Crippen LogP contribution is -3.08. The molecule has 0 bridgehead atoms. The third-order valence-corrected chi connectivity index (χ3v) is 4.19. The first-order chi connectivity index (χ1) is 13.2. The standard InChI is InChI=1S/C18H14ClF3N4O2/c1-26(8-15(27)24-12-5-4-11(20)16(21)17(12)22)7-14-23-13-6-9(19)2-3-10(13)18(28)25-14/h2-6H,7-8H2,1H3,(H,24,27)(H,23,25,28)/p+1. The second kappa shape index (κ2) is 7.99. The van der Waals surface area contributed by atoms with Gasteiger partial charge in [-0.05, 0) is 30.3 Å². The monoisotopic (exact) mass is 411 g/mol. The number of hydrogen-bond donors (Lipinski definition) is 3. The zero-order valence-corrected chi connectivity index (χ0v) is 15.3. The number of anilines is 1. The molecule has 0 aliphatic heterocycles. The lowest BCUT2D eigenvalue weighted by molar-refractivity contribution is -0.885. The molecule has 1 atom stereocenters. The summed E-state index contributed by atoms with van der Waals surface area (Å²) in [4.78, 5) is 31.7. The maximum Gasteiger partial charge on any atom is 0.279 e. The molecule has 0 spiro atoms. The van der Waals surface area contributed by atoms with Crippen LogP contribution < -0.4 is 15.8 Å². The highest BCUT2D eigenvalue weighted by molar-refractivity contribution is 6.31. The number of carbonyl (C=O) groups is 1. The van der Waals surface area contributed by atoms with Gasteiger partial charge in [-0.15, -0.1) is 0 Å². The molecule has 3 aromatic rings.